The van der Waals surface area contributed by atoms with Gasteiger partial charge < -0.3 is 5.11 Å². The molecule has 1 N–H and O–H groups in total. The summed E-state index contributed by atoms with van der Waals surface area (Å²) in [7, 11) is 0. The zero-order chi connectivity index (χ0) is 13.6. The van der Waals surface area contributed by atoms with Gasteiger partial charge in [-0.25, -0.2) is 9.78 Å². The fourth-order valence-electron chi connectivity index (χ4n) is 2.18. The second-order valence-corrected chi connectivity index (χ2v) is 5.99. The van der Waals surface area contributed by atoms with Gasteiger partial charge in [-0.2, -0.15) is 4.68 Å². The molecule has 100 valence electrons. The van der Waals surface area contributed by atoms with Gasteiger partial charge in [0.1, 0.15) is 0 Å². The molecule has 0 bridgehead atoms. The summed E-state index contributed by atoms with van der Waals surface area (Å²) >= 11 is 1.52. The Labute approximate surface area is 114 Å². The van der Waals surface area contributed by atoms with Crippen LogP contribution in [0, 0.1) is 13.8 Å². The average molecular weight is 278 g/mol. The van der Waals surface area contributed by atoms with Crippen LogP contribution in [0.5, 0.6) is 0 Å². The molecule has 6 nitrogen and oxygen atoms in total. The third-order valence-corrected chi connectivity index (χ3v) is 4.65. The molecule has 3 rings (SSSR count). The van der Waals surface area contributed by atoms with Crippen LogP contribution in [0.25, 0.3) is 5.13 Å². The molecule has 2 aromatic rings. The van der Waals surface area contributed by atoms with Crippen LogP contribution in [0.2, 0.25) is 0 Å². The summed E-state index contributed by atoms with van der Waals surface area (Å²) in [6.45, 7) is 3.93. The number of carboxylic acid groups (broad SMARTS) is 1. The van der Waals surface area contributed by atoms with Crippen molar-refractivity contribution >= 4 is 17.3 Å². The van der Waals surface area contributed by atoms with Crippen LogP contribution in [0.4, 0.5) is 0 Å². The molecule has 2 aromatic heterocycles. The average Bonchev–Trinajstić information content (AvgIpc) is 2.82. The number of nitrogens with zero attached hydrogens (tertiary/aromatic N) is 4. The van der Waals surface area contributed by atoms with E-state index in [0.29, 0.717) is 10.8 Å². The van der Waals surface area contributed by atoms with E-state index in [1.165, 1.54) is 11.3 Å². The van der Waals surface area contributed by atoms with Crippen molar-refractivity contribution in [2.45, 2.75) is 39.0 Å². The topological polar surface area (TPSA) is 80.9 Å². The van der Waals surface area contributed by atoms with Gasteiger partial charge in [0.25, 0.3) is 0 Å². The van der Waals surface area contributed by atoms with E-state index < -0.39 is 5.97 Å². The van der Waals surface area contributed by atoms with Crippen LogP contribution >= 0.6 is 11.3 Å². The van der Waals surface area contributed by atoms with Crippen molar-refractivity contribution in [2.24, 2.45) is 0 Å². The molecular formula is C12H14N4O2S. The van der Waals surface area contributed by atoms with Crippen molar-refractivity contribution in [1.82, 2.24) is 20.0 Å². The van der Waals surface area contributed by atoms with E-state index in [2.05, 4.69) is 15.3 Å². The normalized spacial score (nSPS) is 15.5. The zero-order valence-electron chi connectivity index (χ0n) is 10.8. The summed E-state index contributed by atoms with van der Waals surface area (Å²) in [6.07, 6.45) is 3.12. The Hall–Kier alpha value is -1.76. The van der Waals surface area contributed by atoms with Crippen molar-refractivity contribution in [2.75, 3.05) is 0 Å². The number of aryl methyl sites for hydroxylation is 2. The molecule has 0 aromatic carbocycles. The molecule has 7 heteroatoms. The lowest BCUT2D eigenvalue weighted by Gasteiger charge is -2.25. The van der Waals surface area contributed by atoms with E-state index in [0.717, 1.165) is 29.8 Å². The van der Waals surface area contributed by atoms with Crippen molar-refractivity contribution in [1.29, 1.82) is 0 Å². The van der Waals surface area contributed by atoms with E-state index in [1.807, 2.05) is 13.8 Å². The first kappa shape index (κ1) is 12.3. The first-order valence-electron chi connectivity index (χ1n) is 6.21. The minimum atomic E-state index is -1.02. The first-order chi connectivity index (χ1) is 9.08. The fraction of sp³-hybridized carbons (Fsp3) is 0.500. The van der Waals surface area contributed by atoms with Crippen molar-refractivity contribution in [3.63, 3.8) is 0 Å². The molecule has 0 aliphatic heterocycles. The summed E-state index contributed by atoms with van der Waals surface area (Å²) in [5.41, 5.74) is 1.72. The molecule has 1 aliphatic carbocycles. The van der Waals surface area contributed by atoms with E-state index >= 15 is 0 Å². The molecular weight excluding hydrogens is 264 g/mol. The highest BCUT2D eigenvalue weighted by atomic mass is 32.1. The molecule has 1 saturated carbocycles. The quantitative estimate of drug-likeness (QED) is 0.931. The van der Waals surface area contributed by atoms with Gasteiger partial charge in [0.2, 0.25) is 5.13 Å². The number of aromatic carboxylic acids is 1. The number of rotatable bonds is 3. The zero-order valence-corrected chi connectivity index (χ0v) is 11.6. The van der Waals surface area contributed by atoms with Gasteiger partial charge in [-0.05, 0) is 26.7 Å². The van der Waals surface area contributed by atoms with Crippen LogP contribution in [-0.4, -0.2) is 31.1 Å². The molecule has 0 atom stereocenters. The summed E-state index contributed by atoms with van der Waals surface area (Å²) in [5.74, 6) is -0.774. The highest BCUT2D eigenvalue weighted by Crippen LogP contribution is 2.38. The molecule has 1 aliphatic rings. The number of hydrogen-bond donors (Lipinski definition) is 1. The lowest BCUT2D eigenvalue weighted by molar-refractivity contribution is 0.0687. The Kier molecular flexibility index (Phi) is 2.85. The lowest BCUT2D eigenvalue weighted by atomic mass is 9.82. The van der Waals surface area contributed by atoms with E-state index in [1.54, 1.807) is 4.68 Å². The SMILES string of the molecule is Cc1nc(-n2nnc(C(=O)O)c2C2CCC2)sc1C. The fourth-order valence-corrected chi connectivity index (χ4v) is 3.05. The largest absolute Gasteiger partial charge is 0.476 e. The predicted molar refractivity (Wildman–Crippen MR) is 70.1 cm³/mol. The summed E-state index contributed by atoms with van der Waals surface area (Å²) in [6, 6.07) is 0. The minimum Gasteiger partial charge on any atom is -0.476 e. The van der Waals surface area contributed by atoms with E-state index in [-0.39, 0.29) is 11.6 Å². The van der Waals surface area contributed by atoms with Crippen molar-refractivity contribution < 1.29 is 9.90 Å². The van der Waals surface area contributed by atoms with Crippen LogP contribution in [0.15, 0.2) is 0 Å². The van der Waals surface area contributed by atoms with Crippen LogP contribution in [0.3, 0.4) is 0 Å². The molecule has 1 fully saturated rings. The Morgan fingerprint density at radius 3 is 2.63 bits per heavy atom. The molecule has 0 saturated heterocycles. The Bertz CT molecular complexity index is 623. The Morgan fingerprint density at radius 1 is 1.42 bits per heavy atom. The van der Waals surface area contributed by atoms with Gasteiger partial charge in [-0.1, -0.05) is 23.0 Å². The number of thiazole rings is 1. The third-order valence-electron chi connectivity index (χ3n) is 3.60. The molecule has 0 radical (unpaired) electrons. The molecule has 0 amide bonds. The maximum Gasteiger partial charge on any atom is 0.358 e. The summed E-state index contributed by atoms with van der Waals surface area (Å²) < 4.78 is 1.61. The van der Waals surface area contributed by atoms with Gasteiger partial charge in [-0.15, -0.1) is 5.10 Å². The first-order valence-corrected chi connectivity index (χ1v) is 7.03. The van der Waals surface area contributed by atoms with Crippen LogP contribution in [-0.2, 0) is 0 Å². The number of hydrogen-bond acceptors (Lipinski definition) is 5. The highest BCUT2D eigenvalue weighted by Gasteiger charge is 2.31. The van der Waals surface area contributed by atoms with Gasteiger partial charge in [0.15, 0.2) is 5.69 Å². The highest BCUT2D eigenvalue weighted by molar-refractivity contribution is 7.14. The smallest absolute Gasteiger partial charge is 0.358 e. The summed E-state index contributed by atoms with van der Waals surface area (Å²) in [4.78, 5) is 16.8. The second-order valence-electron chi connectivity index (χ2n) is 4.81. The van der Waals surface area contributed by atoms with Crippen LogP contribution in [0.1, 0.15) is 51.9 Å². The molecule has 19 heavy (non-hydrogen) atoms. The third kappa shape index (κ3) is 1.94. The second kappa shape index (κ2) is 4.41. The van der Waals surface area contributed by atoms with E-state index in [4.69, 9.17) is 0 Å². The molecule has 0 spiro atoms. The minimum absolute atomic E-state index is 0.0650. The Morgan fingerprint density at radius 2 is 2.16 bits per heavy atom. The molecule has 2 heterocycles. The predicted octanol–water partition coefficient (Wildman–Crippen LogP) is 2.31. The Balaban J connectivity index is 2.12. The van der Waals surface area contributed by atoms with Crippen molar-refractivity contribution in [3.8, 4) is 5.13 Å². The number of carboxylic acids is 1. The van der Waals surface area contributed by atoms with Gasteiger partial charge >= 0.3 is 5.97 Å². The maximum absolute atomic E-state index is 11.3. The van der Waals surface area contributed by atoms with E-state index in [9.17, 15) is 9.90 Å². The van der Waals surface area contributed by atoms with Gasteiger partial charge in [0.05, 0.1) is 11.4 Å². The standard InChI is InChI=1S/C12H14N4O2S/c1-6-7(2)19-12(13-6)16-10(8-4-3-5-8)9(11(17)18)14-15-16/h8H,3-5H2,1-2H3,(H,17,18). The van der Waals surface area contributed by atoms with Crippen LogP contribution < -0.4 is 0 Å². The van der Waals surface area contributed by atoms with Gasteiger partial charge in [-0.3, -0.25) is 0 Å². The number of aromatic nitrogens is 4. The number of carbonyl (C=O) groups is 1. The lowest BCUT2D eigenvalue weighted by Crippen LogP contribution is -2.17. The van der Waals surface area contributed by atoms with Crippen molar-refractivity contribution in [3.05, 3.63) is 22.0 Å². The monoisotopic (exact) mass is 278 g/mol. The maximum atomic E-state index is 11.3. The molecule has 0 unspecified atom stereocenters. The summed E-state index contributed by atoms with van der Waals surface area (Å²) in [5, 5.41) is 17.7. The van der Waals surface area contributed by atoms with Gasteiger partial charge in [0, 0.05) is 10.8 Å².